The van der Waals surface area contributed by atoms with Crippen molar-refractivity contribution in [3.63, 3.8) is 0 Å². The Morgan fingerprint density at radius 1 is 1.39 bits per heavy atom. The van der Waals surface area contributed by atoms with E-state index in [1.807, 2.05) is 24.3 Å². The molecule has 2 unspecified atom stereocenters. The van der Waals surface area contributed by atoms with E-state index < -0.39 is 0 Å². The zero-order valence-corrected chi connectivity index (χ0v) is 10.6. The molecular weight excluding hydrogens is 226 g/mol. The molecule has 0 bridgehead atoms. The third-order valence-corrected chi connectivity index (χ3v) is 3.82. The third-order valence-electron chi connectivity index (χ3n) is 3.82. The van der Waals surface area contributed by atoms with Gasteiger partial charge >= 0.3 is 0 Å². The van der Waals surface area contributed by atoms with Crippen molar-refractivity contribution >= 4 is 11.6 Å². The van der Waals surface area contributed by atoms with E-state index in [0.717, 1.165) is 30.8 Å². The Kier molecular flexibility index (Phi) is 3.06. The fourth-order valence-electron chi connectivity index (χ4n) is 2.91. The lowest BCUT2D eigenvalue weighted by Crippen LogP contribution is -2.46. The molecule has 0 radical (unpaired) electrons. The first-order chi connectivity index (χ1) is 8.74. The number of hydrogen-bond acceptors (Lipinski definition) is 3. The van der Waals surface area contributed by atoms with E-state index in [0.29, 0.717) is 6.04 Å². The summed E-state index contributed by atoms with van der Waals surface area (Å²) >= 11 is 0. The molecule has 96 valence electrons. The summed E-state index contributed by atoms with van der Waals surface area (Å²) in [7, 11) is 2.14. The van der Waals surface area contributed by atoms with E-state index in [9.17, 15) is 4.79 Å². The average Bonchev–Trinajstić information content (AvgIpc) is 2.66. The summed E-state index contributed by atoms with van der Waals surface area (Å²) in [5, 5.41) is 6.43. The Morgan fingerprint density at radius 2 is 2.22 bits per heavy atom. The number of rotatable bonds is 2. The van der Waals surface area contributed by atoms with Crippen molar-refractivity contribution in [2.45, 2.75) is 24.9 Å². The van der Waals surface area contributed by atoms with E-state index in [1.54, 1.807) is 0 Å². The third kappa shape index (κ3) is 2.13. The molecule has 2 aliphatic rings. The molecule has 1 amide bonds. The normalized spacial score (nSPS) is 27.9. The van der Waals surface area contributed by atoms with Crippen LogP contribution in [0.25, 0.3) is 0 Å². The van der Waals surface area contributed by atoms with Gasteiger partial charge in [-0.05, 0) is 32.5 Å². The largest absolute Gasteiger partial charge is 0.324 e. The number of fused-ring (bicyclic) bond motifs is 1. The number of hydrogen-bond donors (Lipinski definition) is 2. The van der Waals surface area contributed by atoms with Crippen LogP contribution in [0.3, 0.4) is 0 Å². The monoisotopic (exact) mass is 245 g/mol. The Balaban J connectivity index is 1.74. The number of likely N-dealkylation sites (tertiary alicyclic amines) is 1. The first-order valence-corrected chi connectivity index (χ1v) is 6.58. The van der Waals surface area contributed by atoms with Crippen LogP contribution in [0.2, 0.25) is 0 Å². The van der Waals surface area contributed by atoms with Crippen LogP contribution in [0.4, 0.5) is 5.69 Å². The van der Waals surface area contributed by atoms with Gasteiger partial charge in [-0.2, -0.15) is 0 Å². The number of nitrogens with zero attached hydrogens (tertiary/aromatic N) is 1. The molecule has 2 atom stereocenters. The number of carbonyl (C=O) groups is 1. The molecule has 1 aromatic rings. The van der Waals surface area contributed by atoms with Crippen molar-refractivity contribution in [3.8, 4) is 0 Å². The van der Waals surface area contributed by atoms with E-state index in [2.05, 4.69) is 22.6 Å². The standard InChI is InChI=1S/C14H19N3O/c1-17-8-4-5-10(9-17)15-13-11-6-2-3-7-12(11)16-14(13)18/h2-3,6-7,10,13,15H,4-5,8-9H2,1H3,(H,16,18). The second kappa shape index (κ2) is 4.71. The number of anilines is 1. The van der Waals surface area contributed by atoms with Crippen LogP contribution in [0.15, 0.2) is 24.3 Å². The molecule has 18 heavy (non-hydrogen) atoms. The molecule has 4 heteroatoms. The average molecular weight is 245 g/mol. The zero-order chi connectivity index (χ0) is 12.5. The predicted octanol–water partition coefficient (Wildman–Crippen LogP) is 1.36. The lowest BCUT2D eigenvalue weighted by molar-refractivity contribution is -0.118. The zero-order valence-electron chi connectivity index (χ0n) is 10.6. The highest BCUT2D eigenvalue weighted by molar-refractivity contribution is 6.02. The maximum absolute atomic E-state index is 12.0. The molecule has 0 spiro atoms. The van der Waals surface area contributed by atoms with Crippen LogP contribution in [0.5, 0.6) is 0 Å². The van der Waals surface area contributed by atoms with Gasteiger partial charge in [0, 0.05) is 23.8 Å². The minimum Gasteiger partial charge on any atom is -0.324 e. The van der Waals surface area contributed by atoms with Gasteiger partial charge in [0.05, 0.1) is 0 Å². The minimum absolute atomic E-state index is 0.0735. The Labute approximate surface area is 107 Å². The van der Waals surface area contributed by atoms with Crippen LogP contribution < -0.4 is 10.6 Å². The van der Waals surface area contributed by atoms with Gasteiger partial charge in [0.1, 0.15) is 6.04 Å². The molecule has 0 aliphatic carbocycles. The van der Waals surface area contributed by atoms with Crippen LogP contribution >= 0.6 is 0 Å². The molecular formula is C14H19N3O. The summed E-state index contributed by atoms with van der Waals surface area (Å²) in [6.07, 6.45) is 2.35. The fraction of sp³-hybridized carbons (Fsp3) is 0.500. The molecule has 1 saturated heterocycles. The molecule has 2 N–H and O–H groups in total. The van der Waals surface area contributed by atoms with Crippen LogP contribution in [0.1, 0.15) is 24.4 Å². The SMILES string of the molecule is CN1CCCC(NC2C(=O)Nc3ccccc32)C1. The molecule has 2 aliphatic heterocycles. The van der Waals surface area contributed by atoms with Gasteiger partial charge in [-0.25, -0.2) is 0 Å². The van der Waals surface area contributed by atoms with Gasteiger partial charge in [-0.3, -0.25) is 10.1 Å². The second-order valence-corrected chi connectivity index (χ2v) is 5.28. The summed E-state index contributed by atoms with van der Waals surface area (Å²) in [4.78, 5) is 14.3. The van der Waals surface area contributed by atoms with Crippen LogP contribution in [-0.2, 0) is 4.79 Å². The van der Waals surface area contributed by atoms with Crippen molar-refractivity contribution in [2.75, 3.05) is 25.5 Å². The number of piperidine rings is 1. The van der Waals surface area contributed by atoms with E-state index >= 15 is 0 Å². The summed E-state index contributed by atoms with van der Waals surface area (Å²) < 4.78 is 0. The second-order valence-electron chi connectivity index (χ2n) is 5.28. The first kappa shape index (κ1) is 11.7. The first-order valence-electron chi connectivity index (χ1n) is 6.58. The van der Waals surface area contributed by atoms with Gasteiger partial charge in [0.2, 0.25) is 5.91 Å². The molecule has 2 heterocycles. The molecule has 4 nitrogen and oxygen atoms in total. The lowest BCUT2D eigenvalue weighted by Gasteiger charge is -2.31. The highest BCUT2D eigenvalue weighted by atomic mass is 16.2. The van der Waals surface area contributed by atoms with Crippen LogP contribution in [0, 0.1) is 0 Å². The number of carbonyl (C=O) groups excluding carboxylic acids is 1. The fourth-order valence-corrected chi connectivity index (χ4v) is 2.91. The number of benzene rings is 1. The van der Waals surface area contributed by atoms with Crippen LogP contribution in [-0.4, -0.2) is 37.0 Å². The number of para-hydroxylation sites is 1. The van der Waals surface area contributed by atoms with Crippen molar-refractivity contribution < 1.29 is 4.79 Å². The minimum atomic E-state index is -0.183. The molecule has 1 aromatic carbocycles. The molecule has 3 rings (SSSR count). The quantitative estimate of drug-likeness (QED) is 0.827. The van der Waals surface area contributed by atoms with Crippen molar-refractivity contribution in [1.29, 1.82) is 0 Å². The number of nitrogens with one attached hydrogen (secondary N) is 2. The number of amides is 1. The van der Waals surface area contributed by atoms with Crippen molar-refractivity contribution in [2.24, 2.45) is 0 Å². The summed E-state index contributed by atoms with van der Waals surface area (Å²) in [6, 6.07) is 8.15. The van der Waals surface area contributed by atoms with E-state index in [4.69, 9.17) is 0 Å². The van der Waals surface area contributed by atoms with E-state index in [-0.39, 0.29) is 11.9 Å². The van der Waals surface area contributed by atoms with Gasteiger partial charge in [0.15, 0.2) is 0 Å². The summed E-state index contributed by atoms with van der Waals surface area (Å²) in [5.74, 6) is 0.0735. The highest BCUT2D eigenvalue weighted by Crippen LogP contribution is 2.31. The molecule has 1 fully saturated rings. The Hall–Kier alpha value is -1.39. The Morgan fingerprint density at radius 3 is 3.06 bits per heavy atom. The van der Waals surface area contributed by atoms with Crippen molar-refractivity contribution in [1.82, 2.24) is 10.2 Å². The highest BCUT2D eigenvalue weighted by Gasteiger charge is 2.32. The van der Waals surface area contributed by atoms with Gasteiger partial charge < -0.3 is 10.2 Å². The van der Waals surface area contributed by atoms with E-state index in [1.165, 1.54) is 6.42 Å². The molecule has 0 saturated carbocycles. The number of likely N-dealkylation sites (N-methyl/N-ethyl adjacent to an activating group) is 1. The maximum Gasteiger partial charge on any atom is 0.246 e. The lowest BCUT2D eigenvalue weighted by atomic mass is 10.0. The van der Waals surface area contributed by atoms with Gasteiger partial charge in [-0.15, -0.1) is 0 Å². The predicted molar refractivity (Wildman–Crippen MR) is 71.5 cm³/mol. The van der Waals surface area contributed by atoms with Gasteiger partial charge in [0.25, 0.3) is 0 Å². The Bertz CT molecular complexity index is 460. The van der Waals surface area contributed by atoms with Gasteiger partial charge in [-0.1, -0.05) is 18.2 Å². The topological polar surface area (TPSA) is 44.4 Å². The van der Waals surface area contributed by atoms with Crippen molar-refractivity contribution in [3.05, 3.63) is 29.8 Å². The molecule has 0 aromatic heterocycles. The smallest absolute Gasteiger partial charge is 0.246 e. The maximum atomic E-state index is 12.0. The summed E-state index contributed by atoms with van der Waals surface area (Å²) in [6.45, 7) is 2.18. The summed E-state index contributed by atoms with van der Waals surface area (Å²) in [5.41, 5.74) is 2.03.